The first kappa shape index (κ1) is 14.1. The van der Waals surface area contributed by atoms with Crippen LogP contribution in [-0.4, -0.2) is 33.8 Å². The van der Waals surface area contributed by atoms with Gasteiger partial charge >= 0.3 is 8.80 Å². The van der Waals surface area contributed by atoms with E-state index < -0.39 is 14.0 Å². The molecule has 2 N–H and O–H groups in total. The van der Waals surface area contributed by atoms with Crippen molar-refractivity contribution < 1.29 is 13.3 Å². The lowest BCUT2D eigenvalue weighted by atomic mass is 10.4. The van der Waals surface area contributed by atoms with Gasteiger partial charge in [-0.25, -0.2) is 0 Å². The Kier molecular flexibility index (Phi) is 5.85. The third kappa shape index (κ3) is 3.32. The molecule has 0 aromatic carbocycles. The smallest absolute Gasteiger partial charge is 0.373 e. The van der Waals surface area contributed by atoms with Crippen LogP contribution in [0.5, 0.6) is 0 Å². The monoisotopic (exact) mass is 221 g/mol. The van der Waals surface area contributed by atoms with Crippen molar-refractivity contribution in [3.05, 3.63) is 0 Å². The first-order chi connectivity index (χ1) is 6.43. The zero-order valence-corrected chi connectivity index (χ0v) is 10.9. The lowest BCUT2D eigenvalue weighted by Gasteiger charge is -2.38. The van der Waals surface area contributed by atoms with Crippen LogP contribution in [0.15, 0.2) is 0 Å². The Morgan fingerprint density at radius 2 is 1.21 bits per heavy atom. The molecule has 0 rings (SSSR count). The minimum atomic E-state index is -2.72. The van der Waals surface area contributed by atoms with E-state index in [-0.39, 0.29) is 0 Å². The van der Waals surface area contributed by atoms with Crippen molar-refractivity contribution in [1.29, 1.82) is 0 Å². The highest BCUT2D eigenvalue weighted by molar-refractivity contribution is 6.64. The molecular formula is C9H23NO3Si. The fourth-order valence-corrected chi connectivity index (χ4v) is 3.76. The van der Waals surface area contributed by atoms with Gasteiger partial charge < -0.3 is 19.0 Å². The van der Waals surface area contributed by atoms with Crippen LogP contribution in [0.2, 0.25) is 0 Å². The second kappa shape index (κ2) is 5.82. The molecule has 14 heavy (non-hydrogen) atoms. The highest BCUT2D eigenvalue weighted by Crippen LogP contribution is 2.21. The first-order valence-electron chi connectivity index (χ1n) is 5.14. The van der Waals surface area contributed by atoms with Gasteiger partial charge in [0.05, 0.1) is 5.16 Å². The highest BCUT2D eigenvalue weighted by Gasteiger charge is 2.53. The van der Waals surface area contributed by atoms with Crippen LogP contribution in [0.25, 0.3) is 0 Å². The van der Waals surface area contributed by atoms with Crippen LogP contribution < -0.4 is 5.73 Å². The molecule has 0 radical (unpaired) electrons. The van der Waals surface area contributed by atoms with Crippen molar-refractivity contribution >= 4 is 8.80 Å². The summed E-state index contributed by atoms with van der Waals surface area (Å²) in [4.78, 5) is 0. The molecule has 0 heterocycles. The molecule has 0 aromatic rings. The summed E-state index contributed by atoms with van der Waals surface area (Å²) >= 11 is 0. The lowest BCUT2D eigenvalue weighted by Crippen LogP contribution is -2.67. The molecule has 0 aliphatic rings. The first-order valence-corrected chi connectivity index (χ1v) is 6.86. The molecule has 4 nitrogen and oxygen atoms in total. The summed E-state index contributed by atoms with van der Waals surface area (Å²) in [6.07, 6.45) is 0. The number of hydrogen-bond donors (Lipinski definition) is 1. The maximum Gasteiger partial charge on any atom is 0.521 e. The average molecular weight is 221 g/mol. The highest BCUT2D eigenvalue weighted by atomic mass is 28.4. The molecule has 0 unspecified atom stereocenters. The van der Waals surface area contributed by atoms with Gasteiger partial charge in [0, 0.05) is 19.8 Å². The Bertz CT molecular complexity index is 142. The van der Waals surface area contributed by atoms with Gasteiger partial charge in [-0.1, -0.05) is 0 Å². The van der Waals surface area contributed by atoms with Gasteiger partial charge in [0.1, 0.15) is 0 Å². The molecule has 0 aliphatic heterocycles. The number of hydrogen-bond acceptors (Lipinski definition) is 4. The summed E-state index contributed by atoms with van der Waals surface area (Å²) in [7, 11) is -2.72. The third-order valence-electron chi connectivity index (χ3n) is 1.79. The topological polar surface area (TPSA) is 53.7 Å². The van der Waals surface area contributed by atoms with E-state index in [1.807, 2.05) is 34.6 Å². The molecule has 0 spiro atoms. The maximum absolute atomic E-state index is 6.06. The normalized spacial score (nSPS) is 13.3. The van der Waals surface area contributed by atoms with Crippen LogP contribution >= 0.6 is 0 Å². The Morgan fingerprint density at radius 3 is 1.36 bits per heavy atom. The molecule has 0 aromatic heterocycles. The molecule has 0 fully saturated rings. The molecule has 0 atom stereocenters. The third-order valence-corrected chi connectivity index (χ3v) is 5.38. The molecule has 0 amide bonds. The van der Waals surface area contributed by atoms with Gasteiger partial charge in [-0.05, 0) is 34.6 Å². The summed E-state index contributed by atoms with van der Waals surface area (Å²) < 4.78 is 16.9. The fourth-order valence-electron chi connectivity index (χ4n) is 1.25. The predicted molar refractivity (Wildman–Crippen MR) is 58.9 cm³/mol. The van der Waals surface area contributed by atoms with Crippen LogP contribution in [0.1, 0.15) is 34.6 Å². The van der Waals surface area contributed by atoms with Gasteiger partial charge in [0.2, 0.25) is 0 Å². The van der Waals surface area contributed by atoms with Crippen LogP contribution in [0, 0.1) is 0 Å². The molecular weight excluding hydrogens is 198 g/mol. The Hall–Kier alpha value is 0.0569. The van der Waals surface area contributed by atoms with E-state index in [9.17, 15) is 0 Å². The average Bonchev–Trinajstić information content (AvgIpc) is 2.03. The fraction of sp³-hybridized carbons (Fsp3) is 1.00. The number of rotatable bonds is 7. The lowest BCUT2D eigenvalue weighted by molar-refractivity contribution is 0.0506. The van der Waals surface area contributed by atoms with E-state index in [0.717, 1.165) is 0 Å². The Labute approximate surface area is 88.1 Å². The molecule has 0 saturated carbocycles. The molecule has 86 valence electrons. The van der Waals surface area contributed by atoms with E-state index >= 15 is 0 Å². The minimum absolute atomic E-state index is 0.560. The van der Waals surface area contributed by atoms with Crippen LogP contribution in [-0.2, 0) is 13.3 Å². The van der Waals surface area contributed by atoms with E-state index in [4.69, 9.17) is 19.0 Å². The van der Waals surface area contributed by atoms with Crippen molar-refractivity contribution in [3.63, 3.8) is 0 Å². The molecule has 0 saturated heterocycles. The van der Waals surface area contributed by atoms with E-state index in [1.165, 1.54) is 0 Å². The van der Waals surface area contributed by atoms with Gasteiger partial charge in [-0.2, -0.15) is 0 Å². The largest absolute Gasteiger partial charge is 0.521 e. The second-order valence-electron chi connectivity index (χ2n) is 3.58. The van der Waals surface area contributed by atoms with Gasteiger partial charge in [-0.3, -0.25) is 0 Å². The van der Waals surface area contributed by atoms with Crippen molar-refractivity contribution in [2.45, 2.75) is 39.8 Å². The second-order valence-corrected chi connectivity index (χ2v) is 6.84. The van der Waals surface area contributed by atoms with Crippen LogP contribution in [0.3, 0.4) is 0 Å². The van der Waals surface area contributed by atoms with E-state index in [0.29, 0.717) is 19.8 Å². The summed E-state index contributed by atoms with van der Waals surface area (Å²) in [6.45, 7) is 11.2. The molecule has 0 aliphatic carbocycles. The summed E-state index contributed by atoms with van der Waals surface area (Å²) in [6, 6.07) is 0. The SMILES string of the molecule is CCO[Si](OCC)(OCC)C(C)(C)N. The van der Waals surface area contributed by atoms with E-state index in [2.05, 4.69) is 0 Å². The quantitative estimate of drug-likeness (QED) is 0.659. The van der Waals surface area contributed by atoms with E-state index in [1.54, 1.807) is 0 Å². The predicted octanol–water partition coefficient (Wildman–Crippen LogP) is 1.31. The van der Waals surface area contributed by atoms with Crippen molar-refractivity contribution in [2.24, 2.45) is 5.73 Å². The Balaban J connectivity index is 4.73. The minimum Gasteiger partial charge on any atom is -0.373 e. The summed E-state index contributed by atoms with van der Waals surface area (Å²) in [5.41, 5.74) is 6.06. The van der Waals surface area contributed by atoms with Gasteiger partial charge in [-0.15, -0.1) is 0 Å². The molecule has 5 heteroatoms. The zero-order valence-electron chi connectivity index (χ0n) is 9.92. The van der Waals surface area contributed by atoms with Crippen LogP contribution in [0.4, 0.5) is 0 Å². The maximum atomic E-state index is 6.06. The van der Waals surface area contributed by atoms with Crippen molar-refractivity contribution in [2.75, 3.05) is 19.8 Å². The van der Waals surface area contributed by atoms with Crippen molar-refractivity contribution in [1.82, 2.24) is 0 Å². The number of nitrogens with two attached hydrogens (primary N) is 1. The molecule has 0 bridgehead atoms. The van der Waals surface area contributed by atoms with Gasteiger partial charge in [0.15, 0.2) is 0 Å². The van der Waals surface area contributed by atoms with Crippen molar-refractivity contribution in [3.8, 4) is 0 Å². The Morgan fingerprint density at radius 1 is 0.929 bits per heavy atom. The standard InChI is InChI=1S/C9H23NO3Si/c1-6-11-14(12-7-2,13-8-3)9(4,5)10/h6-8,10H2,1-5H3. The summed E-state index contributed by atoms with van der Waals surface area (Å²) in [5, 5.41) is -0.560. The zero-order chi connectivity index (χ0) is 11.2. The summed E-state index contributed by atoms with van der Waals surface area (Å²) in [5.74, 6) is 0. The van der Waals surface area contributed by atoms with Gasteiger partial charge in [0.25, 0.3) is 0 Å².